The minimum Gasteiger partial charge on any atom is -0.454 e. The van der Waals surface area contributed by atoms with Crippen LogP contribution in [0.2, 0.25) is 0 Å². The molecule has 0 radical (unpaired) electrons. The molecule has 10 heteroatoms. The zero-order chi connectivity index (χ0) is 19.3. The smallest absolute Gasteiger partial charge is 0.231 e. The Morgan fingerprint density at radius 1 is 1.21 bits per heavy atom. The van der Waals surface area contributed by atoms with Crippen LogP contribution >= 0.6 is 11.8 Å². The summed E-state index contributed by atoms with van der Waals surface area (Å²) in [6.45, 7) is 6.49. The Morgan fingerprint density at radius 3 is 2.86 bits per heavy atom. The molecule has 1 aromatic carbocycles. The van der Waals surface area contributed by atoms with E-state index in [2.05, 4.69) is 27.3 Å². The van der Waals surface area contributed by atoms with Crippen LogP contribution in [0.4, 0.5) is 5.95 Å². The number of hydrogen-bond acceptors (Lipinski definition) is 8. The standard InChI is InChI=1S/C18H23N5O4S/c1-2-23-17(22-5-7-25-8-6-22)20-21-18(23)28-11-16(24)19-10-13-3-4-14-15(9-13)27-12-26-14/h3-4,9H,2,5-8,10-12H2,1H3,(H,19,24). The third-order valence-electron chi connectivity index (χ3n) is 4.57. The number of benzene rings is 1. The Hall–Kier alpha value is -2.46. The predicted octanol–water partition coefficient (Wildman–Crippen LogP) is 1.27. The fraction of sp³-hybridized carbons (Fsp3) is 0.500. The Bertz CT molecular complexity index is 837. The maximum absolute atomic E-state index is 12.3. The quantitative estimate of drug-likeness (QED) is 0.689. The van der Waals surface area contributed by atoms with Gasteiger partial charge in [0, 0.05) is 26.2 Å². The number of carbonyl (C=O) groups is 1. The van der Waals surface area contributed by atoms with Crippen LogP contribution in [-0.4, -0.2) is 59.5 Å². The van der Waals surface area contributed by atoms with Crippen LogP contribution in [0.5, 0.6) is 11.5 Å². The predicted molar refractivity (Wildman–Crippen MR) is 104 cm³/mol. The molecule has 1 fully saturated rings. The van der Waals surface area contributed by atoms with Gasteiger partial charge in [0.05, 0.1) is 19.0 Å². The van der Waals surface area contributed by atoms with Crippen molar-refractivity contribution in [2.75, 3.05) is 43.7 Å². The molecule has 4 rings (SSSR count). The number of fused-ring (bicyclic) bond motifs is 1. The molecule has 1 amide bonds. The topological polar surface area (TPSA) is 90.7 Å². The lowest BCUT2D eigenvalue weighted by atomic mass is 10.2. The van der Waals surface area contributed by atoms with Crippen molar-refractivity contribution in [2.45, 2.75) is 25.2 Å². The van der Waals surface area contributed by atoms with E-state index in [9.17, 15) is 4.79 Å². The van der Waals surface area contributed by atoms with Crippen LogP contribution in [0.25, 0.3) is 0 Å². The fourth-order valence-corrected chi connectivity index (χ4v) is 3.92. The summed E-state index contributed by atoms with van der Waals surface area (Å²) in [5.41, 5.74) is 0.967. The van der Waals surface area contributed by atoms with Gasteiger partial charge < -0.3 is 24.4 Å². The summed E-state index contributed by atoms with van der Waals surface area (Å²) in [6.07, 6.45) is 0. The van der Waals surface area contributed by atoms with E-state index < -0.39 is 0 Å². The molecule has 28 heavy (non-hydrogen) atoms. The molecule has 2 aliphatic heterocycles. The molecule has 0 bridgehead atoms. The number of ether oxygens (including phenoxy) is 3. The van der Waals surface area contributed by atoms with E-state index in [1.165, 1.54) is 11.8 Å². The Labute approximate surface area is 167 Å². The highest BCUT2D eigenvalue weighted by atomic mass is 32.2. The Morgan fingerprint density at radius 2 is 2.04 bits per heavy atom. The minimum atomic E-state index is -0.0544. The number of anilines is 1. The van der Waals surface area contributed by atoms with Crippen LogP contribution in [-0.2, 0) is 22.6 Å². The van der Waals surface area contributed by atoms with Gasteiger partial charge in [0.25, 0.3) is 0 Å². The molecule has 1 aromatic heterocycles. The molecule has 0 spiro atoms. The van der Waals surface area contributed by atoms with Gasteiger partial charge >= 0.3 is 0 Å². The molecule has 3 heterocycles. The van der Waals surface area contributed by atoms with Crippen molar-refractivity contribution >= 4 is 23.6 Å². The lowest BCUT2D eigenvalue weighted by molar-refractivity contribution is -0.118. The molecule has 0 unspecified atom stereocenters. The Balaban J connectivity index is 1.30. The first kappa shape index (κ1) is 18.9. The molecular weight excluding hydrogens is 382 g/mol. The van der Waals surface area contributed by atoms with Gasteiger partial charge in [-0.05, 0) is 24.6 Å². The average Bonchev–Trinajstić information content (AvgIpc) is 3.37. The van der Waals surface area contributed by atoms with E-state index in [4.69, 9.17) is 14.2 Å². The second-order valence-electron chi connectivity index (χ2n) is 6.38. The largest absolute Gasteiger partial charge is 0.454 e. The van der Waals surface area contributed by atoms with Crippen molar-refractivity contribution in [1.29, 1.82) is 0 Å². The van der Waals surface area contributed by atoms with Gasteiger partial charge in [-0.25, -0.2) is 0 Å². The Kier molecular flexibility index (Phi) is 5.87. The maximum Gasteiger partial charge on any atom is 0.231 e. The minimum absolute atomic E-state index is 0.0544. The summed E-state index contributed by atoms with van der Waals surface area (Å²) in [7, 11) is 0. The van der Waals surface area contributed by atoms with Crippen LogP contribution < -0.4 is 19.7 Å². The highest BCUT2D eigenvalue weighted by Gasteiger charge is 2.20. The number of thioether (sulfide) groups is 1. The van der Waals surface area contributed by atoms with Gasteiger partial charge in [0.2, 0.25) is 18.6 Å². The number of hydrogen-bond donors (Lipinski definition) is 1. The van der Waals surface area contributed by atoms with Crippen LogP contribution in [0.3, 0.4) is 0 Å². The average molecular weight is 405 g/mol. The zero-order valence-corrected chi connectivity index (χ0v) is 16.5. The second kappa shape index (κ2) is 8.70. The molecule has 1 saturated heterocycles. The van der Waals surface area contributed by atoms with Gasteiger partial charge in [0.15, 0.2) is 16.7 Å². The van der Waals surface area contributed by atoms with Crippen molar-refractivity contribution in [3.8, 4) is 11.5 Å². The first-order valence-electron chi connectivity index (χ1n) is 9.28. The molecule has 1 N–H and O–H groups in total. The normalized spacial score (nSPS) is 15.7. The van der Waals surface area contributed by atoms with Gasteiger partial charge in [-0.1, -0.05) is 17.8 Å². The van der Waals surface area contributed by atoms with Gasteiger partial charge in [-0.2, -0.15) is 0 Å². The first-order chi connectivity index (χ1) is 13.7. The number of amides is 1. The monoisotopic (exact) mass is 405 g/mol. The SMILES string of the molecule is CCn1c(SCC(=O)NCc2ccc3c(c2)OCO3)nnc1N1CCOCC1. The van der Waals surface area contributed by atoms with Crippen LogP contribution in [0.15, 0.2) is 23.4 Å². The molecule has 2 aliphatic rings. The summed E-state index contributed by atoms with van der Waals surface area (Å²) in [4.78, 5) is 14.4. The van der Waals surface area contributed by atoms with E-state index in [1.54, 1.807) is 0 Å². The number of nitrogens with one attached hydrogen (secondary N) is 1. The third kappa shape index (κ3) is 4.17. The summed E-state index contributed by atoms with van der Waals surface area (Å²) in [5, 5.41) is 12.3. The molecule has 9 nitrogen and oxygen atoms in total. The van der Waals surface area contributed by atoms with Crippen LogP contribution in [0, 0.1) is 0 Å². The number of carbonyl (C=O) groups excluding carboxylic acids is 1. The lowest BCUT2D eigenvalue weighted by Crippen LogP contribution is -2.38. The first-order valence-corrected chi connectivity index (χ1v) is 10.3. The summed E-state index contributed by atoms with van der Waals surface area (Å²) >= 11 is 1.39. The van der Waals surface area contributed by atoms with Crippen molar-refractivity contribution in [1.82, 2.24) is 20.1 Å². The van der Waals surface area contributed by atoms with Crippen LogP contribution in [0.1, 0.15) is 12.5 Å². The molecule has 2 aromatic rings. The molecule has 0 atom stereocenters. The highest BCUT2D eigenvalue weighted by Crippen LogP contribution is 2.32. The van der Waals surface area contributed by atoms with Crippen molar-refractivity contribution in [3.05, 3.63) is 23.8 Å². The molecule has 0 saturated carbocycles. The number of morpholine rings is 1. The summed E-state index contributed by atoms with van der Waals surface area (Å²) < 4.78 is 18.1. The molecule has 0 aliphatic carbocycles. The number of nitrogens with zero attached hydrogens (tertiary/aromatic N) is 4. The van der Waals surface area contributed by atoms with Crippen molar-refractivity contribution < 1.29 is 19.0 Å². The van der Waals surface area contributed by atoms with E-state index in [0.717, 1.165) is 42.1 Å². The summed E-state index contributed by atoms with van der Waals surface area (Å²) in [5.74, 6) is 2.52. The van der Waals surface area contributed by atoms with E-state index >= 15 is 0 Å². The molecule has 150 valence electrons. The highest BCUT2D eigenvalue weighted by molar-refractivity contribution is 7.99. The van der Waals surface area contributed by atoms with Crippen molar-refractivity contribution in [3.63, 3.8) is 0 Å². The van der Waals surface area contributed by atoms with Gasteiger partial charge in [0.1, 0.15) is 0 Å². The summed E-state index contributed by atoms with van der Waals surface area (Å²) in [6, 6.07) is 5.66. The molecular formula is C18H23N5O4S. The number of rotatable bonds is 7. The van der Waals surface area contributed by atoms with Gasteiger partial charge in [-0.3, -0.25) is 9.36 Å². The maximum atomic E-state index is 12.3. The fourth-order valence-electron chi connectivity index (χ4n) is 3.09. The lowest BCUT2D eigenvalue weighted by Gasteiger charge is -2.27. The van der Waals surface area contributed by atoms with Crippen molar-refractivity contribution in [2.24, 2.45) is 0 Å². The van der Waals surface area contributed by atoms with E-state index in [0.29, 0.717) is 25.5 Å². The van der Waals surface area contributed by atoms with Gasteiger partial charge in [-0.15, -0.1) is 10.2 Å². The third-order valence-corrected chi connectivity index (χ3v) is 5.53. The number of aromatic nitrogens is 3. The van der Waals surface area contributed by atoms with E-state index in [1.807, 2.05) is 22.8 Å². The second-order valence-corrected chi connectivity index (χ2v) is 7.32. The van der Waals surface area contributed by atoms with E-state index in [-0.39, 0.29) is 18.5 Å². The zero-order valence-electron chi connectivity index (χ0n) is 15.7.